The van der Waals surface area contributed by atoms with Crippen LogP contribution in [0.25, 0.3) is 10.2 Å². The van der Waals surface area contributed by atoms with Gasteiger partial charge in [-0.05, 0) is 19.4 Å². The lowest BCUT2D eigenvalue weighted by atomic mass is 10.2. The Balaban J connectivity index is 2.10. The second-order valence-corrected chi connectivity index (χ2v) is 9.00. The molecule has 0 amide bonds. The highest BCUT2D eigenvalue weighted by molar-refractivity contribution is 8.06. The second kappa shape index (κ2) is 5.43. The first-order valence-corrected chi connectivity index (χ1v) is 9.53. The number of aromatic nitrogens is 2. The number of aryl methyl sites for hydroxylation is 2. The SMILES string of the molecule is Cc1sc2nc(C3SCCSC3C)nc(Cl)c2c1C. The van der Waals surface area contributed by atoms with Crippen molar-refractivity contribution in [2.24, 2.45) is 0 Å². The molecule has 0 spiro atoms. The maximum atomic E-state index is 6.39. The summed E-state index contributed by atoms with van der Waals surface area (Å²) in [6.45, 7) is 6.47. The van der Waals surface area contributed by atoms with Gasteiger partial charge in [-0.3, -0.25) is 0 Å². The van der Waals surface area contributed by atoms with Crippen molar-refractivity contribution in [3.05, 3.63) is 21.4 Å². The fourth-order valence-electron chi connectivity index (χ4n) is 2.26. The standard InChI is InChI=1S/C13H15ClN2S3/c1-6-7(2)19-13-9(6)11(14)15-12(16-13)10-8(3)17-4-5-18-10/h8,10H,4-5H2,1-3H3. The molecule has 1 fully saturated rings. The van der Waals surface area contributed by atoms with Crippen LogP contribution in [0.4, 0.5) is 0 Å². The Hall–Kier alpha value is 0.0300. The Morgan fingerprint density at radius 1 is 1.16 bits per heavy atom. The molecule has 19 heavy (non-hydrogen) atoms. The molecule has 1 aliphatic heterocycles. The van der Waals surface area contributed by atoms with Crippen LogP contribution in [-0.2, 0) is 0 Å². The first-order valence-electron chi connectivity index (χ1n) is 6.24. The number of hydrogen-bond donors (Lipinski definition) is 0. The molecule has 3 heterocycles. The normalized spacial score (nSPS) is 24.0. The Bertz CT molecular complexity index is 626. The summed E-state index contributed by atoms with van der Waals surface area (Å²) in [6, 6.07) is 0. The molecule has 0 aromatic carbocycles. The number of fused-ring (bicyclic) bond motifs is 1. The predicted octanol–water partition coefficient (Wildman–Crippen LogP) is 4.87. The molecule has 0 N–H and O–H groups in total. The first kappa shape index (κ1) is 14.0. The molecule has 6 heteroatoms. The van der Waals surface area contributed by atoms with Gasteiger partial charge in [0.2, 0.25) is 0 Å². The minimum atomic E-state index is 0.364. The summed E-state index contributed by atoms with van der Waals surface area (Å²) in [5.41, 5.74) is 1.22. The summed E-state index contributed by atoms with van der Waals surface area (Å²) in [4.78, 5) is 11.7. The van der Waals surface area contributed by atoms with E-state index in [0.717, 1.165) is 16.0 Å². The average molecular weight is 331 g/mol. The van der Waals surface area contributed by atoms with Gasteiger partial charge in [0.15, 0.2) is 0 Å². The first-order chi connectivity index (χ1) is 9.08. The largest absolute Gasteiger partial charge is 0.221 e. The molecule has 3 rings (SSSR count). The molecule has 102 valence electrons. The van der Waals surface area contributed by atoms with Crippen LogP contribution >= 0.6 is 46.5 Å². The van der Waals surface area contributed by atoms with Gasteiger partial charge < -0.3 is 0 Å². The van der Waals surface area contributed by atoms with E-state index in [-0.39, 0.29) is 0 Å². The molecule has 0 radical (unpaired) electrons. The number of thioether (sulfide) groups is 2. The van der Waals surface area contributed by atoms with Crippen LogP contribution in [0.2, 0.25) is 5.15 Å². The molecule has 1 aliphatic rings. The van der Waals surface area contributed by atoms with Crippen LogP contribution in [0.3, 0.4) is 0 Å². The third-order valence-electron chi connectivity index (χ3n) is 3.44. The quantitative estimate of drug-likeness (QED) is 0.696. The van der Waals surface area contributed by atoms with Crippen molar-refractivity contribution in [1.29, 1.82) is 0 Å². The van der Waals surface area contributed by atoms with Gasteiger partial charge in [0.25, 0.3) is 0 Å². The van der Waals surface area contributed by atoms with Crippen LogP contribution in [0.1, 0.15) is 28.4 Å². The van der Waals surface area contributed by atoms with Crippen LogP contribution in [0.15, 0.2) is 0 Å². The summed E-state index contributed by atoms with van der Waals surface area (Å²) in [7, 11) is 0. The molecule has 0 saturated carbocycles. The van der Waals surface area contributed by atoms with Gasteiger partial charge in [-0.15, -0.1) is 23.1 Å². The maximum absolute atomic E-state index is 6.39. The van der Waals surface area contributed by atoms with E-state index in [0.29, 0.717) is 15.7 Å². The highest BCUT2D eigenvalue weighted by Gasteiger charge is 2.28. The zero-order chi connectivity index (χ0) is 13.6. The van der Waals surface area contributed by atoms with Gasteiger partial charge in [0, 0.05) is 21.6 Å². The molecular weight excluding hydrogens is 316 g/mol. The van der Waals surface area contributed by atoms with E-state index in [9.17, 15) is 0 Å². The third kappa shape index (κ3) is 2.50. The molecule has 2 aromatic rings. The summed E-state index contributed by atoms with van der Waals surface area (Å²) in [5.74, 6) is 3.29. The van der Waals surface area contributed by atoms with Crippen molar-refractivity contribution >= 4 is 56.7 Å². The minimum absolute atomic E-state index is 0.364. The predicted molar refractivity (Wildman–Crippen MR) is 89.0 cm³/mol. The van der Waals surface area contributed by atoms with Crippen molar-refractivity contribution in [3.63, 3.8) is 0 Å². The van der Waals surface area contributed by atoms with E-state index in [1.54, 1.807) is 11.3 Å². The van der Waals surface area contributed by atoms with Gasteiger partial charge >= 0.3 is 0 Å². The van der Waals surface area contributed by atoms with Gasteiger partial charge in [0.05, 0.1) is 10.6 Å². The number of halogens is 1. The third-order valence-corrected chi connectivity index (χ3v) is 7.91. The number of hydrogen-bond acceptors (Lipinski definition) is 5. The Morgan fingerprint density at radius 2 is 1.89 bits per heavy atom. The van der Waals surface area contributed by atoms with E-state index in [1.807, 2.05) is 23.5 Å². The number of thiophene rings is 1. The van der Waals surface area contributed by atoms with Crippen molar-refractivity contribution in [3.8, 4) is 0 Å². The Labute approximate surface area is 130 Å². The second-order valence-electron chi connectivity index (χ2n) is 4.70. The van der Waals surface area contributed by atoms with Crippen molar-refractivity contribution < 1.29 is 0 Å². The number of nitrogens with zero attached hydrogens (tertiary/aromatic N) is 2. The lowest BCUT2D eigenvalue weighted by Gasteiger charge is -2.26. The van der Waals surface area contributed by atoms with Crippen LogP contribution in [0.5, 0.6) is 0 Å². The highest BCUT2D eigenvalue weighted by atomic mass is 35.5. The Kier molecular flexibility index (Phi) is 4.00. The topological polar surface area (TPSA) is 25.8 Å². The van der Waals surface area contributed by atoms with E-state index in [1.165, 1.54) is 21.9 Å². The van der Waals surface area contributed by atoms with Crippen LogP contribution < -0.4 is 0 Å². The average Bonchev–Trinajstić information content (AvgIpc) is 2.66. The number of rotatable bonds is 1. The minimum Gasteiger partial charge on any atom is -0.221 e. The van der Waals surface area contributed by atoms with Gasteiger partial charge in [0.1, 0.15) is 15.8 Å². The van der Waals surface area contributed by atoms with Gasteiger partial charge in [-0.1, -0.05) is 18.5 Å². The van der Waals surface area contributed by atoms with Crippen molar-refractivity contribution in [1.82, 2.24) is 9.97 Å². The molecule has 2 nitrogen and oxygen atoms in total. The molecule has 2 aromatic heterocycles. The highest BCUT2D eigenvalue weighted by Crippen LogP contribution is 2.43. The molecule has 0 bridgehead atoms. The molecular formula is C13H15ClN2S3. The molecule has 0 aliphatic carbocycles. The maximum Gasteiger partial charge on any atom is 0.145 e. The van der Waals surface area contributed by atoms with E-state index < -0.39 is 0 Å². The lowest BCUT2D eigenvalue weighted by molar-refractivity contribution is 0.834. The van der Waals surface area contributed by atoms with Crippen LogP contribution in [0, 0.1) is 13.8 Å². The van der Waals surface area contributed by atoms with Gasteiger partial charge in [-0.2, -0.15) is 11.8 Å². The van der Waals surface area contributed by atoms with E-state index in [4.69, 9.17) is 16.6 Å². The monoisotopic (exact) mass is 330 g/mol. The summed E-state index contributed by atoms with van der Waals surface area (Å²) in [6.07, 6.45) is 0. The van der Waals surface area contributed by atoms with E-state index in [2.05, 4.69) is 25.8 Å². The van der Waals surface area contributed by atoms with Gasteiger partial charge in [-0.25, -0.2) is 9.97 Å². The molecule has 2 atom stereocenters. The molecule has 2 unspecified atom stereocenters. The summed E-state index contributed by atoms with van der Waals surface area (Å²) < 4.78 is 0. The fourth-order valence-corrected chi connectivity index (χ4v) is 6.36. The fraction of sp³-hybridized carbons (Fsp3) is 0.538. The summed E-state index contributed by atoms with van der Waals surface area (Å²) in [5, 5.41) is 2.57. The van der Waals surface area contributed by atoms with Crippen LogP contribution in [-0.4, -0.2) is 26.7 Å². The van der Waals surface area contributed by atoms with Crippen molar-refractivity contribution in [2.45, 2.75) is 31.3 Å². The zero-order valence-corrected chi connectivity index (χ0v) is 14.3. The van der Waals surface area contributed by atoms with E-state index >= 15 is 0 Å². The lowest BCUT2D eigenvalue weighted by Crippen LogP contribution is -2.18. The molecule has 1 saturated heterocycles. The smallest absolute Gasteiger partial charge is 0.145 e. The zero-order valence-electron chi connectivity index (χ0n) is 11.1. The van der Waals surface area contributed by atoms with Crippen molar-refractivity contribution in [2.75, 3.05) is 11.5 Å². The summed E-state index contributed by atoms with van der Waals surface area (Å²) >= 11 is 12.1. The Morgan fingerprint density at radius 3 is 2.63 bits per heavy atom.